The minimum atomic E-state index is -1.57. The predicted molar refractivity (Wildman–Crippen MR) is 133 cm³/mol. The quantitative estimate of drug-likeness (QED) is 0.163. The molecule has 0 unspecified atom stereocenters. The van der Waals surface area contributed by atoms with Gasteiger partial charge in [-0.1, -0.05) is 18.2 Å². The van der Waals surface area contributed by atoms with Gasteiger partial charge >= 0.3 is 0 Å². The number of ether oxygens (including phenoxy) is 2. The third-order valence-corrected chi connectivity index (χ3v) is 5.77. The zero-order valence-electron chi connectivity index (χ0n) is 20.5. The van der Waals surface area contributed by atoms with Crippen LogP contribution in [-0.4, -0.2) is 83.3 Å². The monoisotopic (exact) mass is 515 g/mol. The van der Waals surface area contributed by atoms with Crippen LogP contribution in [0, 0.1) is 10.1 Å². The molecule has 198 valence electrons. The molecule has 0 radical (unpaired) electrons. The lowest BCUT2D eigenvalue weighted by molar-refractivity contribution is -0.384. The van der Waals surface area contributed by atoms with Crippen LogP contribution in [0.4, 0.5) is 11.4 Å². The standard InChI is InChI=1S/C25H29N3O9/c1-14(30)26-22-24(33)23(32)21(13-29)37-25(22)36-20-11-9-17(28(34)35)12-18(20)19(31)10-6-15-4-7-16(8-5-15)27(2)3/h4-12,21-25,29,32-33H,13H2,1-3H3,(H,26,30)/b10-6+/t21-,22+,23+,24+,25-/m1/s1. The maximum atomic E-state index is 13.1. The molecule has 1 aliphatic rings. The van der Waals surface area contributed by atoms with Gasteiger partial charge in [0.15, 0.2) is 5.78 Å². The number of anilines is 1. The number of hydrogen-bond acceptors (Lipinski definition) is 10. The fraction of sp³-hybridized carbons (Fsp3) is 0.360. The number of nitrogens with zero attached hydrogens (tertiary/aromatic N) is 2. The summed E-state index contributed by atoms with van der Waals surface area (Å²) in [5.74, 6) is -1.29. The van der Waals surface area contributed by atoms with Crippen LogP contribution < -0.4 is 15.0 Å². The fourth-order valence-corrected chi connectivity index (χ4v) is 3.77. The summed E-state index contributed by atoms with van der Waals surface area (Å²) in [5, 5.41) is 44.0. The van der Waals surface area contributed by atoms with E-state index in [1.807, 2.05) is 31.1 Å². The molecule has 0 bridgehead atoms. The lowest BCUT2D eigenvalue weighted by Crippen LogP contribution is -2.65. The zero-order chi connectivity index (χ0) is 27.3. The number of carbonyl (C=O) groups excluding carboxylic acids is 2. The average molecular weight is 516 g/mol. The van der Waals surface area contributed by atoms with Crippen molar-refractivity contribution in [2.24, 2.45) is 0 Å². The van der Waals surface area contributed by atoms with Gasteiger partial charge in [-0.3, -0.25) is 19.7 Å². The minimum Gasteiger partial charge on any atom is -0.462 e. The molecule has 0 saturated carbocycles. The van der Waals surface area contributed by atoms with E-state index >= 15 is 0 Å². The van der Waals surface area contributed by atoms with E-state index < -0.39 is 53.9 Å². The van der Waals surface area contributed by atoms with E-state index in [2.05, 4.69) is 5.32 Å². The number of non-ortho nitro benzene ring substituents is 1. The predicted octanol–water partition coefficient (Wildman–Crippen LogP) is 0.879. The SMILES string of the molecule is CC(=O)N[C@@H]1[C@H](Oc2ccc([N+](=O)[O-])cc2C(=O)/C=C/c2ccc(N(C)C)cc2)O[C@H](CO)[C@H](O)[C@H]1O. The first kappa shape index (κ1) is 27.7. The fourth-order valence-electron chi connectivity index (χ4n) is 3.77. The van der Waals surface area contributed by atoms with E-state index in [0.717, 1.165) is 23.4 Å². The summed E-state index contributed by atoms with van der Waals surface area (Å²) in [6.45, 7) is 0.525. The van der Waals surface area contributed by atoms with Crippen LogP contribution in [0.3, 0.4) is 0 Å². The van der Waals surface area contributed by atoms with E-state index in [9.17, 15) is 35.0 Å². The Bertz CT molecular complexity index is 1170. The molecule has 2 aromatic carbocycles. The number of nitrogens with one attached hydrogen (secondary N) is 1. The minimum absolute atomic E-state index is 0.121. The van der Waals surface area contributed by atoms with Gasteiger partial charge in [-0.25, -0.2) is 0 Å². The Morgan fingerprint density at radius 2 is 1.84 bits per heavy atom. The first-order valence-corrected chi connectivity index (χ1v) is 11.4. The van der Waals surface area contributed by atoms with E-state index in [1.165, 1.54) is 19.1 Å². The number of allylic oxidation sites excluding steroid dienone is 1. The first-order valence-electron chi connectivity index (χ1n) is 11.4. The normalized spacial score (nSPS) is 23.5. The van der Waals surface area contributed by atoms with Crippen molar-refractivity contribution in [2.75, 3.05) is 25.6 Å². The largest absolute Gasteiger partial charge is 0.462 e. The molecule has 1 amide bonds. The van der Waals surface area contributed by atoms with Crippen LogP contribution in [0.2, 0.25) is 0 Å². The number of nitro benzene ring substituents is 1. The Kier molecular flexibility index (Phi) is 8.95. The van der Waals surface area contributed by atoms with Crippen LogP contribution in [0.1, 0.15) is 22.8 Å². The number of rotatable bonds is 9. The summed E-state index contributed by atoms with van der Waals surface area (Å²) in [7, 11) is 3.79. The van der Waals surface area contributed by atoms with Gasteiger partial charge in [-0.15, -0.1) is 0 Å². The zero-order valence-corrected chi connectivity index (χ0v) is 20.5. The molecule has 4 N–H and O–H groups in total. The second kappa shape index (κ2) is 11.9. The van der Waals surface area contributed by atoms with Crippen LogP contribution in [0.15, 0.2) is 48.5 Å². The molecule has 37 heavy (non-hydrogen) atoms. The molecule has 1 fully saturated rings. The van der Waals surface area contributed by atoms with Crippen LogP contribution in [0.5, 0.6) is 5.75 Å². The Balaban J connectivity index is 1.93. The second-order valence-corrected chi connectivity index (χ2v) is 8.67. The molecule has 1 saturated heterocycles. The highest BCUT2D eigenvalue weighted by atomic mass is 16.7. The van der Waals surface area contributed by atoms with Gasteiger partial charge in [0.05, 0.1) is 17.1 Å². The van der Waals surface area contributed by atoms with Crippen molar-refractivity contribution in [2.45, 2.75) is 37.6 Å². The van der Waals surface area contributed by atoms with E-state index in [0.29, 0.717) is 0 Å². The lowest BCUT2D eigenvalue weighted by Gasteiger charge is -2.42. The molecule has 12 heteroatoms. The molecule has 12 nitrogen and oxygen atoms in total. The van der Waals surface area contributed by atoms with Gasteiger partial charge in [-0.2, -0.15) is 0 Å². The number of ketones is 1. The van der Waals surface area contributed by atoms with E-state index in [-0.39, 0.29) is 17.0 Å². The summed E-state index contributed by atoms with van der Waals surface area (Å²) in [6, 6.07) is 9.45. The van der Waals surface area contributed by atoms with Crippen molar-refractivity contribution in [3.05, 3.63) is 69.8 Å². The number of aliphatic hydroxyl groups is 3. The Hall–Kier alpha value is -3.84. The maximum absolute atomic E-state index is 13.1. The van der Waals surface area contributed by atoms with Gasteiger partial charge in [-0.05, 0) is 29.8 Å². The van der Waals surface area contributed by atoms with Crippen molar-refractivity contribution >= 4 is 29.1 Å². The maximum Gasteiger partial charge on any atom is 0.270 e. The van der Waals surface area contributed by atoms with Crippen LogP contribution in [-0.2, 0) is 9.53 Å². The second-order valence-electron chi connectivity index (χ2n) is 8.67. The van der Waals surface area contributed by atoms with Gasteiger partial charge < -0.3 is 35.0 Å². The smallest absolute Gasteiger partial charge is 0.270 e. The number of benzene rings is 2. The molecule has 1 heterocycles. The third kappa shape index (κ3) is 6.68. The molecule has 0 aliphatic carbocycles. The molecule has 0 aromatic heterocycles. The summed E-state index contributed by atoms with van der Waals surface area (Å²) < 4.78 is 11.3. The van der Waals surface area contributed by atoms with Crippen molar-refractivity contribution in [1.29, 1.82) is 0 Å². The van der Waals surface area contributed by atoms with E-state index in [1.54, 1.807) is 18.2 Å². The number of nitro groups is 1. The third-order valence-electron chi connectivity index (χ3n) is 5.77. The molecule has 2 aromatic rings. The van der Waals surface area contributed by atoms with E-state index in [4.69, 9.17) is 9.47 Å². The average Bonchev–Trinajstić information content (AvgIpc) is 2.86. The number of aliphatic hydroxyl groups excluding tert-OH is 3. The lowest BCUT2D eigenvalue weighted by atomic mass is 9.97. The van der Waals surface area contributed by atoms with Crippen molar-refractivity contribution in [3.8, 4) is 5.75 Å². The molecule has 3 rings (SSSR count). The van der Waals surface area contributed by atoms with Crippen LogP contribution in [0.25, 0.3) is 6.08 Å². The molecular weight excluding hydrogens is 486 g/mol. The van der Waals surface area contributed by atoms with Crippen molar-refractivity contribution in [1.82, 2.24) is 5.32 Å². The molecular formula is C25H29N3O9. The van der Waals surface area contributed by atoms with Gasteiger partial charge in [0, 0.05) is 38.8 Å². The topological polar surface area (TPSA) is 172 Å². The Morgan fingerprint density at radius 1 is 1.16 bits per heavy atom. The Labute approximate surface area is 212 Å². The summed E-state index contributed by atoms with van der Waals surface area (Å²) in [5.41, 5.74) is 1.16. The summed E-state index contributed by atoms with van der Waals surface area (Å²) in [4.78, 5) is 37.4. The highest BCUT2D eigenvalue weighted by molar-refractivity contribution is 6.09. The molecule has 1 aliphatic heterocycles. The van der Waals surface area contributed by atoms with Gasteiger partial charge in [0.25, 0.3) is 5.69 Å². The summed E-state index contributed by atoms with van der Waals surface area (Å²) in [6.07, 6.45) is -2.99. The first-order chi connectivity index (χ1) is 17.5. The van der Waals surface area contributed by atoms with Gasteiger partial charge in [0.2, 0.25) is 12.2 Å². The summed E-state index contributed by atoms with van der Waals surface area (Å²) >= 11 is 0. The molecule has 5 atom stereocenters. The number of amides is 1. The van der Waals surface area contributed by atoms with Crippen molar-refractivity contribution in [3.63, 3.8) is 0 Å². The van der Waals surface area contributed by atoms with Crippen LogP contribution >= 0.6 is 0 Å². The number of hydrogen-bond donors (Lipinski definition) is 4. The van der Waals surface area contributed by atoms with Crippen molar-refractivity contribution < 1.29 is 39.3 Å². The molecule has 0 spiro atoms. The Morgan fingerprint density at radius 3 is 2.41 bits per heavy atom. The number of carbonyl (C=O) groups is 2. The van der Waals surface area contributed by atoms with Gasteiger partial charge in [0.1, 0.15) is 30.1 Å². The highest BCUT2D eigenvalue weighted by Gasteiger charge is 2.46. The highest BCUT2D eigenvalue weighted by Crippen LogP contribution is 2.30.